The smallest absolute Gasteiger partial charge is 0.178 e. The topological polar surface area (TPSA) is 43.6 Å². The maximum absolute atomic E-state index is 4.37. The first kappa shape index (κ1) is 10.0. The fourth-order valence-corrected chi connectivity index (χ4v) is 2.56. The minimum Gasteiger partial charge on any atom is -0.265 e. The van der Waals surface area contributed by atoms with Gasteiger partial charge in [-0.1, -0.05) is 18.3 Å². The van der Waals surface area contributed by atoms with E-state index in [0.29, 0.717) is 0 Å². The lowest BCUT2D eigenvalue weighted by atomic mass is 10.3. The molecule has 0 amide bonds. The van der Waals surface area contributed by atoms with Gasteiger partial charge in [0, 0.05) is 7.05 Å². The molecule has 0 aliphatic heterocycles. The number of rotatable bonds is 2. The van der Waals surface area contributed by atoms with Crippen LogP contribution in [0, 0.1) is 3.01 Å². The molecule has 2 heterocycles. The van der Waals surface area contributed by atoms with Crippen LogP contribution in [0.15, 0.2) is 6.07 Å². The molecule has 74 valence electrons. The average molecular weight is 320 g/mol. The van der Waals surface area contributed by atoms with Gasteiger partial charge in [0.2, 0.25) is 0 Å². The number of hydrogen-bond donors (Lipinski definition) is 0. The van der Waals surface area contributed by atoms with Crippen molar-refractivity contribution in [1.29, 1.82) is 0 Å². The van der Waals surface area contributed by atoms with Gasteiger partial charge in [0.1, 0.15) is 0 Å². The molecule has 0 unspecified atom stereocenters. The maximum atomic E-state index is 4.37. The largest absolute Gasteiger partial charge is 0.265 e. The Bertz CT molecular complexity index is 448. The van der Waals surface area contributed by atoms with Crippen molar-refractivity contribution in [2.24, 2.45) is 7.05 Å². The Balaban J connectivity index is 2.45. The molecular weight excluding hydrogens is 311 g/mol. The Morgan fingerprint density at radius 3 is 2.79 bits per heavy atom. The first-order valence-corrected chi connectivity index (χ1v) is 6.12. The quantitative estimate of drug-likeness (QED) is 0.796. The molecule has 0 aromatic carbocycles. The molecule has 6 heteroatoms. The zero-order valence-electron chi connectivity index (χ0n) is 7.86. The third-order valence-corrected chi connectivity index (χ3v) is 3.52. The van der Waals surface area contributed by atoms with Crippen LogP contribution in [0.1, 0.15) is 12.6 Å². The van der Waals surface area contributed by atoms with Crippen molar-refractivity contribution < 1.29 is 0 Å². The van der Waals surface area contributed by atoms with Gasteiger partial charge in [-0.25, -0.2) is 0 Å². The summed E-state index contributed by atoms with van der Waals surface area (Å²) in [6.07, 6.45) is 0.948. The third-order valence-electron chi connectivity index (χ3n) is 1.91. The summed E-state index contributed by atoms with van der Waals surface area (Å²) >= 11 is 3.75. The number of hydrogen-bond acceptors (Lipinski definition) is 4. The Morgan fingerprint density at radius 2 is 2.29 bits per heavy atom. The number of aryl methyl sites for hydroxylation is 2. The van der Waals surface area contributed by atoms with Gasteiger partial charge in [0.25, 0.3) is 0 Å². The molecule has 0 radical (unpaired) electrons. The van der Waals surface area contributed by atoms with E-state index in [4.69, 9.17) is 0 Å². The lowest BCUT2D eigenvalue weighted by molar-refractivity contribution is 0.751. The zero-order chi connectivity index (χ0) is 10.1. The van der Waals surface area contributed by atoms with Crippen molar-refractivity contribution >= 4 is 33.9 Å². The summed E-state index contributed by atoms with van der Waals surface area (Å²) in [7, 11) is 1.93. The summed E-state index contributed by atoms with van der Waals surface area (Å²) in [5, 5.41) is 13.4. The highest BCUT2D eigenvalue weighted by atomic mass is 127. The molecule has 0 saturated heterocycles. The number of aromatic nitrogens is 4. The van der Waals surface area contributed by atoms with Crippen LogP contribution >= 0.6 is 33.9 Å². The summed E-state index contributed by atoms with van der Waals surface area (Å²) in [6.45, 7) is 2.09. The van der Waals surface area contributed by atoms with Crippen molar-refractivity contribution in [3.05, 3.63) is 14.8 Å². The summed E-state index contributed by atoms with van der Waals surface area (Å²) < 4.78 is 2.81. The van der Waals surface area contributed by atoms with Gasteiger partial charge in [-0.05, 0) is 35.1 Å². The molecule has 14 heavy (non-hydrogen) atoms. The van der Waals surface area contributed by atoms with Gasteiger partial charge in [0.15, 0.2) is 8.02 Å². The highest BCUT2D eigenvalue weighted by Gasteiger charge is 2.10. The van der Waals surface area contributed by atoms with E-state index in [2.05, 4.69) is 50.9 Å². The molecule has 0 bridgehead atoms. The normalized spacial score (nSPS) is 10.8. The van der Waals surface area contributed by atoms with Crippen LogP contribution in [0.3, 0.4) is 0 Å². The van der Waals surface area contributed by atoms with E-state index >= 15 is 0 Å². The van der Waals surface area contributed by atoms with E-state index in [1.807, 2.05) is 11.7 Å². The summed E-state index contributed by atoms with van der Waals surface area (Å²) in [6, 6.07) is 2.07. The molecule has 0 aliphatic rings. The Kier molecular flexibility index (Phi) is 2.82. The van der Waals surface area contributed by atoms with Crippen LogP contribution in [-0.4, -0.2) is 20.0 Å². The Morgan fingerprint density at radius 1 is 1.50 bits per heavy atom. The van der Waals surface area contributed by atoms with E-state index < -0.39 is 0 Å². The van der Waals surface area contributed by atoms with Crippen molar-refractivity contribution in [3.63, 3.8) is 0 Å². The van der Waals surface area contributed by atoms with Crippen molar-refractivity contribution in [2.45, 2.75) is 13.3 Å². The molecule has 2 aromatic rings. The van der Waals surface area contributed by atoms with Crippen LogP contribution in [-0.2, 0) is 13.5 Å². The van der Waals surface area contributed by atoms with Crippen LogP contribution < -0.4 is 0 Å². The predicted molar refractivity (Wildman–Crippen MR) is 64.2 cm³/mol. The fourth-order valence-electron chi connectivity index (χ4n) is 1.21. The van der Waals surface area contributed by atoms with Gasteiger partial charge in [-0.2, -0.15) is 5.10 Å². The molecule has 0 atom stereocenters. The minimum atomic E-state index is 0.934. The fraction of sp³-hybridized carbons (Fsp3) is 0.375. The Hall–Kier alpha value is -0.500. The predicted octanol–water partition coefficient (Wildman–Crippen LogP) is 2.11. The lowest BCUT2D eigenvalue weighted by Crippen LogP contribution is -1.93. The van der Waals surface area contributed by atoms with E-state index in [9.17, 15) is 0 Å². The highest BCUT2D eigenvalue weighted by molar-refractivity contribution is 14.1. The van der Waals surface area contributed by atoms with E-state index in [1.165, 1.54) is 0 Å². The van der Waals surface area contributed by atoms with Gasteiger partial charge in [-0.3, -0.25) is 4.68 Å². The highest BCUT2D eigenvalue weighted by Crippen LogP contribution is 2.24. The molecule has 0 aliphatic carbocycles. The van der Waals surface area contributed by atoms with Gasteiger partial charge in [-0.15, -0.1) is 10.2 Å². The van der Waals surface area contributed by atoms with Gasteiger partial charge < -0.3 is 0 Å². The first-order chi connectivity index (χ1) is 6.70. The molecule has 2 rings (SSSR count). The maximum Gasteiger partial charge on any atom is 0.178 e. The zero-order valence-corrected chi connectivity index (χ0v) is 10.8. The summed E-state index contributed by atoms with van der Waals surface area (Å²) in [4.78, 5) is 0. The molecule has 0 spiro atoms. The second kappa shape index (κ2) is 3.93. The van der Waals surface area contributed by atoms with Crippen LogP contribution in [0.25, 0.3) is 10.7 Å². The second-order valence-corrected chi connectivity index (χ2v) is 5.59. The minimum absolute atomic E-state index is 0.934. The standard InChI is InChI=1S/C8H9IN4S/c1-3-5-4-6(13(2)12-5)7-10-11-8(9)14-7/h4H,3H2,1-2H3. The molecule has 4 nitrogen and oxygen atoms in total. The Labute approximate surface area is 99.5 Å². The summed E-state index contributed by atoms with van der Waals surface area (Å²) in [5.41, 5.74) is 2.13. The van der Waals surface area contributed by atoms with Crippen LogP contribution in [0.4, 0.5) is 0 Å². The molecule has 0 saturated carbocycles. The van der Waals surface area contributed by atoms with Crippen LogP contribution in [0.2, 0.25) is 0 Å². The molecule has 0 N–H and O–H groups in total. The lowest BCUT2D eigenvalue weighted by Gasteiger charge is -1.93. The second-order valence-electron chi connectivity index (χ2n) is 2.86. The third kappa shape index (κ3) is 1.81. The first-order valence-electron chi connectivity index (χ1n) is 4.23. The monoisotopic (exact) mass is 320 g/mol. The summed E-state index contributed by atoms with van der Waals surface area (Å²) in [5.74, 6) is 0. The molecular formula is C8H9IN4S. The van der Waals surface area contributed by atoms with Crippen molar-refractivity contribution in [2.75, 3.05) is 0 Å². The van der Waals surface area contributed by atoms with Crippen molar-refractivity contribution in [1.82, 2.24) is 20.0 Å². The average Bonchev–Trinajstić information content (AvgIpc) is 2.71. The van der Waals surface area contributed by atoms with E-state index in [0.717, 1.165) is 25.8 Å². The van der Waals surface area contributed by atoms with E-state index in [1.54, 1.807) is 11.3 Å². The van der Waals surface area contributed by atoms with E-state index in [-0.39, 0.29) is 0 Å². The van der Waals surface area contributed by atoms with Gasteiger partial charge >= 0.3 is 0 Å². The van der Waals surface area contributed by atoms with Crippen molar-refractivity contribution in [3.8, 4) is 10.7 Å². The SMILES string of the molecule is CCc1cc(-c2nnc(I)s2)n(C)n1. The van der Waals surface area contributed by atoms with Gasteiger partial charge in [0.05, 0.1) is 11.4 Å². The number of nitrogens with zero attached hydrogens (tertiary/aromatic N) is 4. The number of halogens is 1. The van der Waals surface area contributed by atoms with Crippen LogP contribution in [0.5, 0.6) is 0 Å². The molecule has 2 aromatic heterocycles. The molecule has 0 fully saturated rings.